The Bertz CT molecular complexity index is 1010. The maximum atomic E-state index is 12.5. The molecule has 13 nitrogen and oxygen atoms in total. The van der Waals surface area contributed by atoms with Crippen molar-refractivity contribution < 1.29 is 42.9 Å². The maximum Gasteiger partial charge on any atom is 0.330 e. The molecule has 0 aliphatic carbocycles. The van der Waals surface area contributed by atoms with Crippen LogP contribution in [0.25, 0.3) is 0 Å². The molecule has 1 aromatic heterocycles. The average molecular weight is 465 g/mol. The highest BCUT2D eigenvalue weighted by atomic mass is 16.8. The fourth-order valence-electron chi connectivity index (χ4n) is 3.20. The number of ether oxygens (including phenoxy) is 5. The third kappa shape index (κ3) is 6.03. The van der Waals surface area contributed by atoms with Crippen LogP contribution in [0.15, 0.2) is 15.8 Å². The lowest BCUT2D eigenvalue weighted by molar-refractivity contribution is -0.269. The Morgan fingerprint density at radius 2 is 1.44 bits per heavy atom. The number of rotatable bonds is 6. The fraction of sp³-hybridized carbons (Fsp3) is 0.579. The van der Waals surface area contributed by atoms with E-state index in [2.05, 4.69) is 4.98 Å². The number of aromatic nitrogens is 2. The molecule has 1 fully saturated rings. The molecule has 2 rings (SSSR count). The number of nitrogens with one attached hydrogen (secondary N) is 1. The highest BCUT2D eigenvalue weighted by Crippen LogP contribution is 2.34. The lowest BCUT2D eigenvalue weighted by Gasteiger charge is -2.44. The van der Waals surface area contributed by atoms with E-state index in [4.69, 9.17) is 23.7 Å². The van der Waals surface area contributed by atoms with E-state index in [0.717, 1.165) is 32.3 Å². The summed E-state index contributed by atoms with van der Waals surface area (Å²) in [6, 6.07) is 0. The van der Waals surface area contributed by atoms with Crippen LogP contribution in [0.1, 0.15) is 39.5 Å². The van der Waals surface area contributed by atoms with Crippen LogP contribution in [-0.4, -0.2) is 64.5 Å². The van der Waals surface area contributed by atoms with Crippen LogP contribution in [0.5, 0.6) is 0 Å². The molecule has 0 aromatic carbocycles. The molecule has 0 radical (unpaired) electrons. The molecule has 1 N–H and O–H groups in total. The quantitative estimate of drug-likeness (QED) is 0.314. The van der Waals surface area contributed by atoms with Crippen molar-refractivity contribution in [2.24, 2.45) is 0 Å². The molecule has 176 valence electrons. The van der Waals surface area contributed by atoms with E-state index in [1.165, 1.54) is 13.1 Å². The summed E-state index contributed by atoms with van der Waals surface area (Å²) in [5, 5.41) is 0. The summed E-state index contributed by atoms with van der Waals surface area (Å²) in [6.45, 7) is 5.39. The van der Waals surface area contributed by atoms with E-state index in [1.807, 2.05) is 0 Å². The Balaban J connectivity index is 2.65. The van der Waals surface area contributed by atoms with Gasteiger partial charge in [0.1, 0.15) is 12.7 Å². The molecule has 1 aliphatic rings. The molecule has 1 aliphatic heterocycles. The zero-order valence-corrected chi connectivity index (χ0v) is 18.1. The number of nitrogens with zero attached hydrogens (tertiary/aromatic N) is 1. The predicted molar refractivity (Wildman–Crippen MR) is 103 cm³/mol. The summed E-state index contributed by atoms with van der Waals surface area (Å²) >= 11 is 0. The van der Waals surface area contributed by atoms with Gasteiger partial charge in [-0.2, -0.15) is 0 Å². The molecule has 1 aromatic rings. The van der Waals surface area contributed by atoms with Gasteiger partial charge in [-0.1, -0.05) is 0 Å². The van der Waals surface area contributed by atoms with Crippen LogP contribution in [0.3, 0.4) is 0 Å². The number of carbonyl (C=O) groups excluding carboxylic acids is 4. The third-order valence-electron chi connectivity index (χ3n) is 4.39. The van der Waals surface area contributed by atoms with Crippen molar-refractivity contribution in [2.75, 3.05) is 6.61 Å². The topological polar surface area (TPSA) is 169 Å². The van der Waals surface area contributed by atoms with E-state index in [9.17, 15) is 28.8 Å². The van der Waals surface area contributed by atoms with Gasteiger partial charge in [0.2, 0.25) is 0 Å². The zero-order chi connectivity index (χ0) is 24.2. The first-order valence-electron chi connectivity index (χ1n) is 9.53. The first-order valence-corrected chi connectivity index (χ1v) is 9.53. The monoisotopic (exact) mass is 465 g/mol. The molecule has 0 saturated carbocycles. The van der Waals surface area contributed by atoms with Gasteiger partial charge in [-0.25, -0.2) is 4.79 Å². The summed E-state index contributed by atoms with van der Waals surface area (Å²) in [7, 11) is 0. The predicted octanol–water partition coefficient (Wildman–Crippen LogP) is -0.899. The van der Waals surface area contributed by atoms with E-state index < -0.39 is 72.4 Å². The summed E-state index contributed by atoms with van der Waals surface area (Å²) in [4.78, 5) is 73.0. The van der Waals surface area contributed by atoms with Crippen molar-refractivity contribution in [3.8, 4) is 0 Å². The number of hydrogen-bond donors (Lipinski definition) is 1. The van der Waals surface area contributed by atoms with Gasteiger partial charge < -0.3 is 23.7 Å². The van der Waals surface area contributed by atoms with Crippen LogP contribution in [0.2, 0.25) is 0 Å². The second kappa shape index (κ2) is 10.2. The summed E-state index contributed by atoms with van der Waals surface area (Å²) in [5.74, 6) is -3.06. The molecule has 5 atom stereocenters. The standard InChI is InChI=1S/C19H24N2O11/c1-8-6-21(19(27)20-17(8)26)18-16(31-12(5)25)15(30-11(4)24)14(29-10(3)23)13(32-18)7-28-9(2)22/h6,13-16,18H,7H2,1-5H3,(H,20,26,27)/t13-,14-,15+,16-,18-/m1/s1/i6+1,7+1,13+1,14+1,15+1,16+1,18+1,20+1,21+1. The minimum Gasteiger partial charge on any atom is -0.463 e. The number of H-pyrrole nitrogens is 1. The molecular weight excluding hydrogens is 441 g/mol. The molecule has 32 heavy (non-hydrogen) atoms. The van der Waals surface area contributed by atoms with Crippen molar-refractivity contribution >= 4 is 23.9 Å². The molecule has 0 amide bonds. The van der Waals surface area contributed by atoms with Crippen molar-refractivity contribution in [2.45, 2.75) is 65.3 Å². The first kappa shape index (κ1) is 24.8. The molecule has 13 heteroatoms. The van der Waals surface area contributed by atoms with Gasteiger partial charge in [-0.3, -0.25) is 33.5 Å². The Labute approximate surface area is 181 Å². The largest absolute Gasteiger partial charge is 0.463 e. The second-order valence-electron chi connectivity index (χ2n) is 7.07. The van der Waals surface area contributed by atoms with Gasteiger partial charge in [0.15, 0.2) is 24.5 Å². The normalized spacial score (nSPS) is 24.8. The zero-order valence-electron chi connectivity index (χ0n) is 18.1. The van der Waals surface area contributed by atoms with Crippen LogP contribution < -0.4 is 11.2 Å². The van der Waals surface area contributed by atoms with Gasteiger partial charge in [-0.15, -0.1) is 0 Å². The molecular formula is C19H24N2O11. The van der Waals surface area contributed by atoms with E-state index in [0.29, 0.717) is 0 Å². The van der Waals surface area contributed by atoms with Crippen LogP contribution in [0, 0.1) is 6.92 Å². The highest BCUT2D eigenvalue weighted by Gasteiger charge is 2.53. The van der Waals surface area contributed by atoms with Crippen LogP contribution >= 0.6 is 0 Å². The molecule has 2 heterocycles. The second-order valence-corrected chi connectivity index (χ2v) is 7.07. The van der Waals surface area contributed by atoms with Crippen molar-refractivity contribution in [1.29, 1.82) is 0 Å². The smallest absolute Gasteiger partial charge is 0.330 e. The fourth-order valence-corrected chi connectivity index (χ4v) is 3.20. The Morgan fingerprint density at radius 3 is 1.97 bits per heavy atom. The Morgan fingerprint density at radius 1 is 0.906 bits per heavy atom. The maximum absolute atomic E-state index is 12.5. The van der Waals surface area contributed by atoms with E-state index in [1.54, 1.807) is 0 Å². The lowest BCUT2D eigenvalue weighted by atomic mass is 10.5. The van der Waals surface area contributed by atoms with Crippen molar-refractivity contribution in [3.05, 3.63) is 32.6 Å². The van der Waals surface area contributed by atoms with Crippen LogP contribution in [0.4, 0.5) is 0 Å². The third-order valence-corrected chi connectivity index (χ3v) is 4.39. The summed E-state index contributed by atoms with van der Waals surface area (Å²) in [5.41, 5.74) is -1.41. The van der Waals surface area contributed by atoms with Gasteiger partial charge in [0.25, 0.3) is 5.56 Å². The van der Waals surface area contributed by atoms with Gasteiger partial charge >= 0.3 is 29.6 Å². The van der Waals surface area contributed by atoms with Gasteiger partial charge in [-0.05, 0) is 6.92 Å². The number of esters is 4. The Hall–Kier alpha value is -3.48. The number of hydrogen-bond acceptors (Lipinski definition) is 11. The van der Waals surface area contributed by atoms with E-state index in [-0.39, 0.29) is 5.56 Å². The van der Waals surface area contributed by atoms with Crippen LogP contribution in [-0.2, 0) is 42.9 Å². The van der Waals surface area contributed by atoms with Gasteiger partial charge in [0.05, 0.1) is 0 Å². The van der Waals surface area contributed by atoms with Crippen molar-refractivity contribution in [3.63, 3.8) is 0 Å². The average Bonchev–Trinajstić information content (AvgIpc) is 2.65. The molecule has 0 unspecified atom stereocenters. The van der Waals surface area contributed by atoms with Gasteiger partial charge in [0, 0.05) is 39.5 Å². The number of carbonyl (C=O) groups is 4. The molecule has 0 bridgehead atoms. The van der Waals surface area contributed by atoms with E-state index >= 15 is 0 Å². The minimum atomic E-state index is -1.46. The SMILES string of the molecule is CC(=O)O[13CH2][13C@H]1O[13C@@H]([15n]2[13cH]c(C)c(=O)[15nH]c2=O)[13C@H](OC(C)=O)[13C@@H](OC(C)=O)[13C@@H]1OC(C)=O. The number of aryl methyl sites for hydroxylation is 1. The first-order chi connectivity index (χ1) is 14.9. The Kier molecular flexibility index (Phi) is 7.92. The summed E-state index contributed by atoms with van der Waals surface area (Å²) < 4.78 is 27.6. The molecule has 1 saturated heterocycles. The molecule has 0 spiro atoms. The minimum absolute atomic E-state index is 0.137. The summed E-state index contributed by atoms with van der Waals surface area (Å²) in [6.07, 6.45) is -5.73. The number of aromatic amines is 1. The highest BCUT2D eigenvalue weighted by molar-refractivity contribution is 5.68. The van der Waals surface area contributed by atoms with Crippen molar-refractivity contribution in [1.82, 2.24) is 9.55 Å². The lowest BCUT2D eigenvalue weighted by Crippen LogP contribution is -2.61.